The maximum Gasteiger partial charge on any atom is 0.349 e. The summed E-state index contributed by atoms with van der Waals surface area (Å²) in [5.41, 5.74) is 0.0140. The lowest BCUT2D eigenvalue weighted by Crippen LogP contribution is -2.46. The molecule has 0 aliphatic heterocycles. The highest BCUT2D eigenvalue weighted by atomic mass is 16.6. The van der Waals surface area contributed by atoms with E-state index < -0.39 is 30.1 Å². The summed E-state index contributed by atoms with van der Waals surface area (Å²) in [6.07, 6.45) is -1.38. The van der Waals surface area contributed by atoms with Crippen molar-refractivity contribution in [2.24, 2.45) is 0 Å². The molecular formula is C17H18O8. The van der Waals surface area contributed by atoms with Gasteiger partial charge in [0, 0.05) is 0 Å². The molecule has 2 N–H and O–H groups in total. The Kier molecular flexibility index (Phi) is 9.64. The van der Waals surface area contributed by atoms with Gasteiger partial charge in [0.2, 0.25) is 12.2 Å². The Labute approximate surface area is 144 Å². The normalized spacial score (nSPS) is 12.6. The van der Waals surface area contributed by atoms with Crippen molar-refractivity contribution < 1.29 is 38.9 Å². The number of hydrogen-bond donors (Lipinski definition) is 2. The topological polar surface area (TPSA) is 127 Å². The lowest BCUT2D eigenvalue weighted by Gasteiger charge is -2.21. The van der Waals surface area contributed by atoms with Gasteiger partial charge >= 0.3 is 17.9 Å². The van der Waals surface area contributed by atoms with Gasteiger partial charge < -0.3 is 24.5 Å². The second kappa shape index (κ2) is 11.2. The van der Waals surface area contributed by atoms with Crippen molar-refractivity contribution in [3.63, 3.8) is 0 Å². The standard InChI is InChI=1S/C16H16O7.CH2O/c1-3-10(4-2)16(21)23-13(15(19)20)12(14(17)18)22-11-8-6-5-7-9-11;1-2/h3-9,12-13H,1H2,2H3,(H,17,18)(H,19,20);1H2/b10-4+;/t12-,13-;/m1./s1. The van der Waals surface area contributed by atoms with Crippen LogP contribution in [-0.2, 0) is 23.9 Å². The Bertz CT molecular complexity index is 635. The first-order chi connectivity index (χ1) is 11.9. The van der Waals surface area contributed by atoms with Crippen molar-refractivity contribution >= 4 is 24.7 Å². The summed E-state index contributed by atoms with van der Waals surface area (Å²) in [6.45, 7) is 6.92. The Morgan fingerprint density at radius 2 is 1.56 bits per heavy atom. The molecule has 0 bridgehead atoms. The molecule has 1 aromatic rings. The molecule has 0 aliphatic carbocycles. The summed E-state index contributed by atoms with van der Waals surface area (Å²) in [6, 6.07) is 7.77. The van der Waals surface area contributed by atoms with Gasteiger partial charge in [0.15, 0.2) is 0 Å². The van der Waals surface area contributed by atoms with E-state index in [2.05, 4.69) is 6.58 Å². The maximum atomic E-state index is 11.8. The zero-order chi connectivity index (χ0) is 19.4. The lowest BCUT2D eigenvalue weighted by atomic mass is 10.2. The third kappa shape index (κ3) is 6.69. The van der Waals surface area contributed by atoms with E-state index in [1.807, 2.05) is 6.79 Å². The van der Waals surface area contributed by atoms with Gasteiger partial charge in [0.25, 0.3) is 0 Å². The third-order valence-corrected chi connectivity index (χ3v) is 2.77. The molecule has 0 saturated carbocycles. The number of esters is 1. The highest BCUT2D eigenvalue weighted by molar-refractivity contribution is 5.94. The van der Waals surface area contributed by atoms with Crippen molar-refractivity contribution in [2.75, 3.05) is 0 Å². The molecule has 0 spiro atoms. The highest BCUT2D eigenvalue weighted by Crippen LogP contribution is 2.16. The molecular weight excluding hydrogens is 332 g/mol. The second-order valence-electron chi connectivity index (χ2n) is 4.30. The van der Waals surface area contributed by atoms with E-state index in [0.717, 1.165) is 0 Å². The smallest absolute Gasteiger partial charge is 0.349 e. The predicted molar refractivity (Wildman–Crippen MR) is 87.1 cm³/mol. The first-order valence-electron chi connectivity index (χ1n) is 6.86. The van der Waals surface area contributed by atoms with Crippen molar-refractivity contribution in [3.8, 4) is 5.75 Å². The lowest BCUT2D eigenvalue weighted by molar-refractivity contribution is -0.174. The second-order valence-corrected chi connectivity index (χ2v) is 4.30. The number of hydrogen-bond acceptors (Lipinski definition) is 6. The Morgan fingerprint density at radius 3 is 1.96 bits per heavy atom. The third-order valence-electron chi connectivity index (χ3n) is 2.77. The molecule has 8 heteroatoms. The minimum Gasteiger partial charge on any atom is -0.478 e. The van der Waals surface area contributed by atoms with Gasteiger partial charge in [-0.25, -0.2) is 14.4 Å². The molecule has 2 atom stereocenters. The fraction of sp³-hybridized carbons (Fsp3) is 0.176. The number of rotatable bonds is 8. The van der Waals surface area contributed by atoms with Crippen molar-refractivity contribution in [1.29, 1.82) is 0 Å². The van der Waals surface area contributed by atoms with Crippen LogP contribution in [-0.4, -0.2) is 47.1 Å². The molecule has 0 saturated heterocycles. The van der Waals surface area contributed by atoms with E-state index >= 15 is 0 Å². The minimum atomic E-state index is -2.02. The molecule has 0 fully saturated rings. The van der Waals surface area contributed by atoms with Crippen LogP contribution in [0.4, 0.5) is 0 Å². The van der Waals surface area contributed by atoms with Gasteiger partial charge in [-0.05, 0) is 19.1 Å². The van der Waals surface area contributed by atoms with Gasteiger partial charge in [0.1, 0.15) is 12.5 Å². The van der Waals surface area contributed by atoms with Crippen LogP contribution >= 0.6 is 0 Å². The molecule has 1 aromatic carbocycles. The van der Waals surface area contributed by atoms with E-state index in [-0.39, 0.29) is 11.3 Å². The number of aliphatic carboxylic acids is 2. The number of ether oxygens (including phenoxy) is 2. The van der Waals surface area contributed by atoms with Crippen LogP contribution < -0.4 is 4.74 Å². The van der Waals surface area contributed by atoms with Crippen molar-refractivity contribution in [1.82, 2.24) is 0 Å². The molecule has 0 aromatic heterocycles. The molecule has 0 amide bonds. The van der Waals surface area contributed by atoms with E-state index in [4.69, 9.17) is 14.3 Å². The van der Waals surface area contributed by atoms with Crippen LogP contribution in [0.15, 0.2) is 54.6 Å². The van der Waals surface area contributed by atoms with Gasteiger partial charge in [-0.3, -0.25) is 0 Å². The van der Waals surface area contributed by atoms with Crippen LogP contribution in [0.1, 0.15) is 6.92 Å². The molecule has 0 aliphatic rings. The van der Waals surface area contributed by atoms with Gasteiger partial charge in [-0.1, -0.05) is 36.9 Å². The summed E-state index contributed by atoms with van der Waals surface area (Å²) < 4.78 is 9.91. The zero-order valence-electron chi connectivity index (χ0n) is 13.5. The molecule has 1 rings (SSSR count). The minimum absolute atomic E-state index is 0.0140. The Balaban J connectivity index is 0.00000277. The van der Waals surface area contributed by atoms with Crippen LogP contribution in [0.3, 0.4) is 0 Å². The summed E-state index contributed by atoms with van der Waals surface area (Å²) in [5.74, 6) is -4.08. The quantitative estimate of drug-likeness (QED) is 0.410. The Hall–Kier alpha value is -3.42. The monoisotopic (exact) mass is 350 g/mol. The van der Waals surface area contributed by atoms with Crippen LogP contribution in [0.5, 0.6) is 5.75 Å². The fourth-order valence-electron chi connectivity index (χ4n) is 1.63. The van der Waals surface area contributed by atoms with Gasteiger partial charge in [-0.2, -0.15) is 0 Å². The summed E-state index contributed by atoms with van der Waals surface area (Å²) >= 11 is 0. The summed E-state index contributed by atoms with van der Waals surface area (Å²) in [4.78, 5) is 42.5. The number of carboxylic acids is 2. The first kappa shape index (κ1) is 21.6. The number of carbonyl (C=O) groups is 4. The van der Waals surface area contributed by atoms with E-state index in [1.165, 1.54) is 31.2 Å². The van der Waals surface area contributed by atoms with Crippen molar-refractivity contribution in [3.05, 3.63) is 54.6 Å². The molecule has 25 heavy (non-hydrogen) atoms. The fourth-order valence-corrected chi connectivity index (χ4v) is 1.63. The van der Waals surface area contributed by atoms with E-state index in [0.29, 0.717) is 0 Å². The van der Waals surface area contributed by atoms with Crippen LogP contribution in [0, 0.1) is 0 Å². The maximum absolute atomic E-state index is 11.8. The number of carbonyl (C=O) groups excluding carboxylic acids is 2. The average molecular weight is 350 g/mol. The number of benzene rings is 1. The predicted octanol–water partition coefficient (Wildman–Crippen LogP) is 1.46. The van der Waals surface area contributed by atoms with Crippen LogP contribution in [0.25, 0.3) is 0 Å². The Morgan fingerprint density at radius 1 is 1.04 bits per heavy atom. The molecule has 0 heterocycles. The van der Waals surface area contributed by atoms with Gasteiger partial charge in [0.05, 0.1) is 5.57 Å². The average Bonchev–Trinajstić information content (AvgIpc) is 2.61. The van der Waals surface area contributed by atoms with E-state index in [1.54, 1.807) is 18.2 Å². The molecule has 0 radical (unpaired) electrons. The summed E-state index contributed by atoms with van der Waals surface area (Å²) in [7, 11) is 0. The molecule has 0 unspecified atom stereocenters. The highest BCUT2D eigenvalue weighted by Gasteiger charge is 2.39. The number of allylic oxidation sites excluding steroid dienone is 1. The van der Waals surface area contributed by atoms with Crippen molar-refractivity contribution in [2.45, 2.75) is 19.1 Å². The number of para-hydroxylation sites is 1. The molecule has 134 valence electrons. The van der Waals surface area contributed by atoms with Crippen LogP contribution in [0.2, 0.25) is 0 Å². The molecule has 8 nitrogen and oxygen atoms in total. The SMILES string of the molecule is C=C/C(=C\C)C(=O)O[C@@H](C(=O)O)[C@@H](Oc1ccccc1)C(=O)O.C=O. The largest absolute Gasteiger partial charge is 0.478 e. The zero-order valence-corrected chi connectivity index (χ0v) is 13.5. The first-order valence-corrected chi connectivity index (χ1v) is 6.86. The van der Waals surface area contributed by atoms with E-state index in [9.17, 15) is 24.6 Å². The van der Waals surface area contributed by atoms with Gasteiger partial charge in [-0.15, -0.1) is 0 Å². The number of carboxylic acid groups (broad SMARTS) is 2. The summed E-state index contributed by atoms with van der Waals surface area (Å²) in [5, 5.41) is 18.4.